The molecule has 1 amide bonds. The third kappa shape index (κ3) is 2.96. The predicted molar refractivity (Wildman–Crippen MR) is 78.7 cm³/mol. The minimum Gasteiger partial charge on any atom is -0.367 e. The molecule has 1 aromatic rings. The molecule has 2 aliphatic rings. The number of rotatable bonds is 2. The lowest BCUT2D eigenvalue weighted by molar-refractivity contribution is -0.152. The van der Waals surface area contributed by atoms with Gasteiger partial charge in [0.15, 0.2) is 0 Å². The Hall–Kier alpha value is -1.40. The monoisotopic (exact) mass is 292 g/mol. The Balaban J connectivity index is 1.71. The van der Waals surface area contributed by atoms with Gasteiger partial charge in [-0.05, 0) is 26.3 Å². The minimum atomic E-state index is -0.461. The van der Waals surface area contributed by atoms with Gasteiger partial charge in [0.2, 0.25) is 5.91 Å². The van der Waals surface area contributed by atoms with Crippen LogP contribution >= 0.6 is 0 Å². The zero-order valence-corrected chi connectivity index (χ0v) is 12.8. The summed E-state index contributed by atoms with van der Waals surface area (Å²) in [6, 6.07) is -0.0185. The second-order valence-corrected chi connectivity index (χ2v) is 6.24. The van der Waals surface area contributed by atoms with Crippen LogP contribution in [0.2, 0.25) is 0 Å². The normalized spacial score (nSPS) is 30.4. The third-order valence-corrected chi connectivity index (χ3v) is 4.51. The third-order valence-electron chi connectivity index (χ3n) is 4.51. The molecule has 6 heteroatoms. The highest BCUT2D eigenvalue weighted by atomic mass is 16.5. The van der Waals surface area contributed by atoms with Crippen LogP contribution in [0.25, 0.3) is 0 Å². The molecule has 21 heavy (non-hydrogen) atoms. The first-order valence-corrected chi connectivity index (χ1v) is 7.74. The largest absolute Gasteiger partial charge is 0.367 e. The van der Waals surface area contributed by atoms with Gasteiger partial charge in [-0.25, -0.2) is 0 Å². The Kier molecular flexibility index (Phi) is 3.99. The summed E-state index contributed by atoms with van der Waals surface area (Å²) in [5.74, 6) is 0.216. The summed E-state index contributed by atoms with van der Waals surface area (Å²) in [6.07, 6.45) is 7.04. The second kappa shape index (κ2) is 5.77. The number of ether oxygens (including phenoxy) is 1. The first kappa shape index (κ1) is 14.5. The number of nitrogens with zero attached hydrogens (tertiary/aromatic N) is 3. The molecule has 2 atom stereocenters. The molecule has 0 aliphatic carbocycles. The van der Waals surface area contributed by atoms with Gasteiger partial charge in [0.25, 0.3) is 0 Å². The van der Waals surface area contributed by atoms with Crippen LogP contribution in [0.4, 0.5) is 0 Å². The molecule has 0 aromatic carbocycles. The Morgan fingerprint density at radius 2 is 2.38 bits per heavy atom. The standard InChI is InChI=1S/C15H24N4O2/c1-15(12-9-17-18(2)10-12)11-19(7-8-21-15)14(20)13-5-3-4-6-16-13/h9-10,13,16H,3-8,11H2,1-2H3/t13-,15+/m0/s1. The summed E-state index contributed by atoms with van der Waals surface area (Å²) in [5, 5.41) is 7.56. The number of hydrogen-bond acceptors (Lipinski definition) is 4. The van der Waals surface area contributed by atoms with E-state index in [1.54, 1.807) is 4.68 Å². The van der Waals surface area contributed by atoms with E-state index in [0.29, 0.717) is 19.7 Å². The van der Waals surface area contributed by atoms with Crippen molar-refractivity contribution in [3.63, 3.8) is 0 Å². The van der Waals surface area contributed by atoms with E-state index >= 15 is 0 Å². The van der Waals surface area contributed by atoms with Crippen molar-refractivity contribution in [2.45, 2.75) is 37.8 Å². The molecule has 116 valence electrons. The van der Waals surface area contributed by atoms with Gasteiger partial charge in [0, 0.05) is 25.4 Å². The highest BCUT2D eigenvalue weighted by Crippen LogP contribution is 2.29. The van der Waals surface area contributed by atoms with Gasteiger partial charge in [-0.15, -0.1) is 0 Å². The van der Waals surface area contributed by atoms with E-state index < -0.39 is 5.60 Å². The van der Waals surface area contributed by atoms with Crippen molar-refractivity contribution in [1.29, 1.82) is 0 Å². The summed E-state index contributed by atoms with van der Waals surface area (Å²) in [6.45, 7) is 4.82. The van der Waals surface area contributed by atoms with Gasteiger partial charge in [0.1, 0.15) is 5.60 Å². The van der Waals surface area contributed by atoms with E-state index in [9.17, 15) is 4.79 Å². The van der Waals surface area contributed by atoms with Crippen molar-refractivity contribution in [1.82, 2.24) is 20.0 Å². The molecule has 0 spiro atoms. The maximum atomic E-state index is 12.7. The number of hydrogen-bond donors (Lipinski definition) is 1. The van der Waals surface area contributed by atoms with Crippen molar-refractivity contribution in [3.05, 3.63) is 18.0 Å². The van der Waals surface area contributed by atoms with Crippen LogP contribution in [0, 0.1) is 0 Å². The van der Waals surface area contributed by atoms with E-state index in [2.05, 4.69) is 10.4 Å². The highest BCUT2D eigenvalue weighted by molar-refractivity contribution is 5.82. The number of piperidine rings is 1. The Morgan fingerprint density at radius 1 is 1.52 bits per heavy atom. The van der Waals surface area contributed by atoms with Crippen LogP contribution in [-0.4, -0.2) is 52.9 Å². The molecule has 3 heterocycles. The second-order valence-electron chi connectivity index (χ2n) is 6.24. The number of carbonyl (C=O) groups is 1. The van der Waals surface area contributed by atoms with E-state index in [1.165, 1.54) is 6.42 Å². The Morgan fingerprint density at radius 3 is 3.05 bits per heavy atom. The summed E-state index contributed by atoms with van der Waals surface area (Å²) in [5.41, 5.74) is 0.565. The lowest BCUT2D eigenvalue weighted by atomic mass is 9.95. The molecule has 0 bridgehead atoms. The average molecular weight is 292 g/mol. The van der Waals surface area contributed by atoms with Crippen LogP contribution in [-0.2, 0) is 22.2 Å². The van der Waals surface area contributed by atoms with Gasteiger partial charge in [-0.1, -0.05) is 6.42 Å². The van der Waals surface area contributed by atoms with E-state index in [1.807, 2.05) is 31.3 Å². The Labute approximate surface area is 125 Å². The first-order chi connectivity index (χ1) is 10.1. The van der Waals surface area contributed by atoms with Crippen LogP contribution in [0.3, 0.4) is 0 Å². The maximum Gasteiger partial charge on any atom is 0.239 e. The smallest absolute Gasteiger partial charge is 0.239 e. The number of carbonyl (C=O) groups excluding carboxylic acids is 1. The summed E-state index contributed by atoms with van der Waals surface area (Å²) in [7, 11) is 1.89. The van der Waals surface area contributed by atoms with Crippen molar-refractivity contribution in [3.8, 4) is 0 Å². The fraction of sp³-hybridized carbons (Fsp3) is 0.733. The van der Waals surface area contributed by atoms with Gasteiger partial charge in [-0.3, -0.25) is 9.48 Å². The molecular weight excluding hydrogens is 268 g/mol. The molecule has 2 aliphatic heterocycles. The molecular formula is C15H24N4O2. The lowest BCUT2D eigenvalue weighted by Gasteiger charge is -2.41. The fourth-order valence-corrected chi connectivity index (χ4v) is 3.21. The number of nitrogens with one attached hydrogen (secondary N) is 1. The van der Waals surface area contributed by atoms with E-state index in [4.69, 9.17) is 4.74 Å². The SMILES string of the molecule is Cn1cc([C@@]2(C)CN(C(=O)[C@@H]3CCCCN3)CCO2)cn1. The molecule has 2 saturated heterocycles. The van der Waals surface area contributed by atoms with Crippen LogP contribution in [0.15, 0.2) is 12.4 Å². The van der Waals surface area contributed by atoms with Crippen molar-refractivity contribution < 1.29 is 9.53 Å². The van der Waals surface area contributed by atoms with E-state index in [-0.39, 0.29) is 11.9 Å². The highest BCUT2D eigenvalue weighted by Gasteiger charge is 2.38. The van der Waals surface area contributed by atoms with Gasteiger partial charge in [0.05, 0.1) is 25.4 Å². The van der Waals surface area contributed by atoms with Crippen LogP contribution in [0.1, 0.15) is 31.7 Å². The molecule has 0 radical (unpaired) electrons. The number of aromatic nitrogens is 2. The van der Waals surface area contributed by atoms with Crippen molar-refractivity contribution >= 4 is 5.91 Å². The van der Waals surface area contributed by atoms with Gasteiger partial charge >= 0.3 is 0 Å². The summed E-state index contributed by atoms with van der Waals surface area (Å²) in [4.78, 5) is 14.6. The van der Waals surface area contributed by atoms with Crippen molar-refractivity contribution in [2.75, 3.05) is 26.2 Å². The molecule has 3 rings (SSSR count). The first-order valence-electron chi connectivity index (χ1n) is 7.74. The van der Waals surface area contributed by atoms with Crippen LogP contribution in [0.5, 0.6) is 0 Å². The molecule has 0 unspecified atom stereocenters. The lowest BCUT2D eigenvalue weighted by Crippen LogP contribution is -2.56. The topological polar surface area (TPSA) is 59.4 Å². The zero-order valence-electron chi connectivity index (χ0n) is 12.8. The quantitative estimate of drug-likeness (QED) is 0.869. The number of amides is 1. The average Bonchev–Trinajstić information content (AvgIpc) is 2.95. The maximum absolute atomic E-state index is 12.7. The molecule has 1 aromatic heterocycles. The molecule has 6 nitrogen and oxygen atoms in total. The van der Waals surface area contributed by atoms with Gasteiger partial charge < -0.3 is 15.0 Å². The fourth-order valence-electron chi connectivity index (χ4n) is 3.21. The number of aryl methyl sites for hydroxylation is 1. The molecule has 2 fully saturated rings. The molecule has 0 saturated carbocycles. The Bertz CT molecular complexity index is 510. The number of morpholine rings is 1. The minimum absolute atomic E-state index is 0.0185. The van der Waals surface area contributed by atoms with E-state index in [0.717, 1.165) is 24.9 Å². The van der Waals surface area contributed by atoms with Gasteiger partial charge in [-0.2, -0.15) is 5.10 Å². The van der Waals surface area contributed by atoms with Crippen LogP contribution < -0.4 is 5.32 Å². The summed E-state index contributed by atoms with van der Waals surface area (Å²) < 4.78 is 7.74. The summed E-state index contributed by atoms with van der Waals surface area (Å²) >= 11 is 0. The molecule has 1 N–H and O–H groups in total. The van der Waals surface area contributed by atoms with Crippen molar-refractivity contribution in [2.24, 2.45) is 7.05 Å². The zero-order chi connectivity index (χ0) is 14.9. The predicted octanol–water partition coefficient (Wildman–Crippen LogP) is 0.636.